The van der Waals surface area contributed by atoms with Gasteiger partial charge >= 0.3 is 11.9 Å². The minimum atomic E-state index is -1.43. The van der Waals surface area contributed by atoms with Gasteiger partial charge in [0.05, 0.1) is 12.2 Å². The fourth-order valence-corrected chi connectivity index (χ4v) is 1.70. The Hall–Kier alpha value is -2.24. The molecule has 0 radical (unpaired) electrons. The number of hydrogen-bond acceptors (Lipinski definition) is 4. The number of Topliss-reactive ketones (excluding diaryl/α,β-unsaturated/α-hetero) is 1. The summed E-state index contributed by atoms with van der Waals surface area (Å²) in [6.45, 7) is 2.72. The predicted octanol–water partition coefficient (Wildman–Crippen LogP) is 1.76. The molecule has 0 aliphatic heterocycles. The standard InChI is InChI=1S/C13H13FO5/c1-3-19-13(18)11(7(2)15)10-6-8(14)4-5-9(10)12(16)17/h4-6,11H,3H2,1-2H3,(H,16,17). The number of benzene rings is 1. The van der Waals surface area contributed by atoms with Crippen LogP contribution in [0.25, 0.3) is 0 Å². The third-order valence-corrected chi connectivity index (χ3v) is 2.48. The van der Waals surface area contributed by atoms with E-state index in [2.05, 4.69) is 0 Å². The lowest BCUT2D eigenvalue weighted by molar-refractivity contribution is -0.147. The minimum Gasteiger partial charge on any atom is -0.478 e. The number of halogens is 1. The number of hydrogen-bond donors (Lipinski definition) is 1. The molecule has 0 amide bonds. The van der Waals surface area contributed by atoms with Crippen LogP contribution in [0.5, 0.6) is 0 Å². The average Bonchev–Trinajstić information content (AvgIpc) is 2.28. The van der Waals surface area contributed by atoms with Crippen molar-refractivity contribution < 1.29 is 28.6 Å². The van der Waals surface area contributed by atoms with Crippen LogP contribution in [0.15, 0.2) is 18.2 Å². The summed E-state index contributed by atoms with van der Waals surface area (Å²) in [5.41, 5.74) is -0.492. The monoisotopic (exact) mass is 268 g/mol. The van der Waals surface area contributed by atoms with Crippen LogP contribution in [0.4, 0.5) is 4.39 Å². The van der Waals surface area contributed by atoms with Crippen molar-refractivity contribution in [3.63, 3.8) is 0 Å². The first kappa shape index (κ1) is 14.8. The van der Waals surface area contributed by atoms with Crippen molar-refractivity contribution in [2.75, 3.05) is 6.61 Å². The normalized spacial score (nSPS) is 11.7. The van der Waals surface area contributed by atoms with Gasteiger partial charge in [-0.25, -0.2) is 9.18 Å². The van der Waals surface area contributed by atoms with Crippen molar-refractivity contribution >= 4 is 17.7 Å². The Balaban J connectivity index is 3.37. The number of ketones is 1. The summed E-state index contributed by atoms with van der Waals surface area (Å²) in [6.07, 6.45) is 0. The first-order chi connectivity index (χ1) is 8.88. The summed E-state index contributed by atoms with van der Waals surface area (Å²) >= 11 is 0. The lowest BCUT2D eigenvalue weighted by Gasteiger charge is -2.15. The molecule has 1 rings (SSSR count). The van der Waals surface area contributed by atoms with Gasteiger partial charge in [-0.3, -0.25) is 9.59 Å². The van der Waals surface area contributed by atoms with E-state index in [1.54, 1.807) is 6.92 Å². The minimum absolute atomic E-state index is 0.0420. The van der Waals surface area contributed by atoms with Crippen molar-refractivity contribution in [3.05, 3.63) is 35.1 Å². The zero-order valence-electron chi connectivity index (χ0n) is 10.5. The van der Waals surface area contributed by atoms with Crippen LogP contribution in [0, 0.1) is 5.82 Å². The number of esters is 1. The summed E-state index contributed by atoms with van der Waals surface area (Å²) < 4.78 is 17.9. The molecule has 0 heterocycles. The Morgan fingerprint density at radius 2 is 2.00 bits per heavy atom. The maximum atomic E-state index is 13.2. The van der Waals surface area contributed by atoms with Crippen LogP contribution in [0.3, 0.4) is 0 Å². The Labute approximate surface area is 109 Å². The Kier molecular flexibility index (Phi) is 4.74. The van der Waals surface area contributed by atoms with Crippen LogP contribution in [0.1, 0.15) is 35.7 Å². The topological polar surface area (TPSA) is 80.7 Å². The molecular weight excluding hydrogens is 255 g/mol. The molecule has 1 aromatic carbocycles. The predicted molar refractivity (Wildman–Crippen MR) is 63.4 cm³/mol. The molecule has 1 N–H and O–H groups in total. The van der Waals surface area contributed by atoms with Gasteiger partial charge in [0.1, 0.15) is 17.5 Å². The molecule has 0 aromatic heterocycles. The molecule has 0 saturated carbocycles. The molecule has 5 nitrogen and oxygen atoms in total. The van der Waals surface area contributed by atoms with Gasteiger partial charge in [0.15, 0.2) is 0 Å². The van der Waals surface area contributed by atoms with Gasteiger partial charge in [-0.05, 0) is 37.6 Å². The third-order valence-electron chi connectivity index (χ3n) is 2.48. The van der Waals surface area contributed by atoms with Crippen molar-refractivity contribution in [1.29, 1.82) is 0 Å². The fraction of sp³-hybridized carbons (Fsp3) is 0.308. The number of rotatable bonds is 5. The van der Waals surface area contributed by atoms with Crippen LogP contribution >= 0.6 is 0 Å². The van der Waals surface area contributed by atoms with E-state index in [1.165, 1.54) is 0 Å². The van der Waals surface area contributed by atoms with E-state index in [-0.39, 0.29) is 17.7 Å². The molecule has 1 unspecified atom stereocenters. The van der Waals surface area contributed by atoms with E-state index in [0.29, 0.717) is 0 Å². The zero-order valence-corrected chi connectivity index (χ0v) is 10.5. The molecule has 0 saturated heterocycles. The number of carbonyl (C=O) groups is 3. The van der Waals surface area contributed by atoms with E-state index < -0.39 is 29.5 Å². The lowest BCUT2D eigenvalue weighted by atomic mass is 9.91. The lowest BCUT2D eigenvalue weighted by Crippen LogP contribution is -2.24. The highest BCUT2D eigenvalue weighted by molar-refractivity contribution is 6.06. The molecule has 102 valence electrons. The van der Waals surface area contributed by atoms with Gasteiger partial charge in [-0.2, -0.15) is 0 Å². The largest absolute Gasteiger partial charge is 0.478 e. The quantitative estimate of drug-likeness (QED) is 0.650. The van der Waals surface area contributed by atoms with Gasteiger partial charge in [-0.1, -0.05) is 0 Å². The van der Waals surface area contributed by atoms with Crippen LogP contribution < -0.4 is 0 Å². The summed E-state index contributed by atoms with van der Waals surface area (Å²) in [5.74, 6) is -4.99. The van der Waals surface area contributed by atoms with E-state index in [4.69, 9.17) is 9.84 Å². The van der Waals surface area contributed by atoms with Crippen molar-refractivity contribution in [2.24, 2.45) is 0 Å². The first-order valence-corrected chi connectivity index (χ1v) is 5.58. The molecule has 6 heteroatoms. The third kappa shape index (κ3) is 3.37. The second kappa shape index (κ2) is 6.08. The van der Waals surface area contributed by atoms with Gasteiger partial charge in [0, 0.05) is 0 Å². The summed E-state index contributed by atoms with van der Waals surface area (Å²) in [7, 11) is 0. The molecule has 1 atom stereocenters. The second-order valence-corrected chi connectivity index (χ2v) is 3.83. The highest BCUT2D eigenvalue weighted by Crippen LogP contribution is 2.24. The van der Waals surface area contributed by atoms with E-state index in [9.17, 15) is 18.8 Å². The van der Waals surface area contributed by atoms with E-state index in [0.717, 1.165) is 25.1 Å². The second-order valence-electron chi connectivity index (χ2n) is 3.83. The molecule has 19 heavy (non-hydrogen) atoms. The summed E-state index contributed by atoms with van der Waals surface area (Å²) in [6, 6.07) is 2.84. The fourth-order valence-electron chi connectivity index (χ4n) is 1.70. The van der Waals surface area contributed by atoms with Crippen LogP contribution in [0.2, 0.25) is 0 Å². The van der Waals surface area contributed by atoms with E-state index in [1.807, 2.05) is 0 Å². The Bertz CT molecular complexity index is 524. The summed E-state index contributed by atoms with van der Waals surface area (Å²) in [4.78, 5) is 34.3. The SMILES string of the molecule is CCOC(=O)C(C(C)=O)c1cc(F)ccc1C(=O)O. The number of carboxylic acid groups (broad SMARTS) is 1. The van der Waals surface area contributed by atoms with Gasteiger partial charge in [0.25, 0.3) is 0 Å². The molecule has 1 aromatic rings. The number of ether oxygens (including phenoxy) is 1. The van der Waals surface area contributed by atoms with Crippen LogP contribution in [-0.2, 0) is 14.3 Å². The highest BCUT2D eigenvalue weighted by atomic mass is 19.1. The average molecular weight is 268 g/mol. The van der Waals surface area contributed by atoms with Crippen molar-refractivity contribution in [1.82, 2.24) is 0 Å². The first-order valence-electron chi connectivity index (χ1n) is 5.58. The number of carboxylic acids is 1. The molecular formula is C13H13FO5. The number of aromatic carboxylic acids is 1. The van der Waals surface area contributed by atoms with Crippen molar-refractivity contribution in [3.8, 4) is 0 Å². The molecule has 0 aliphatic rings. The van der Waals surface area contributed by atoms with E-state index >= 15 is 0 Å². The maximum absolute atomic E-state index is 13.2. The smallest absolute Gasteiger partial charge is 0.336 e. The molecule has 0 bridgehead atoms. The van der Waals surface area contributed by atoms with Gasteiger partial charge in [0.2, 0.25) is 0 Å². The van der Waals surface area contributed by atoms with Crippen LogP contribution in [-0.4, -0.2) is 29.4 Å². The highest BCUT2D eigenvalue weighted by Gasteiger charge is 2.31. The molecule has 0 fully saturated rings. The Morgan fingerprint density at radius 1 is 1.37 bits per heavy atom. The van der Waals surface area contributed by atoms with Gasteiger partial charge < -0.3 is 9.84 Å². The summed E-state index contributed by atoms with van der Waals surface area (Å²) in [5, 5.41) is 9.01. The Morgan fingerprint density at radius 3 is 2.47 bits per heavy atom. The van der Waals surface area contributed by atoms with Gasteiger partial charge in [-0.15, -0.1) is 0 Å². The molecule has 0 aliphatic carbocycles. The zero-order chi connectivity index (χ0) is 14.6. The maximum Gasteiger partial charge on any atom is 0.336 e. The number of carbonyl (C=O) groups excluding carboxylic acids is 2. The molecule has 0 spiro atoms. The van der Waals surface area contributed by atoms with Crippen molar-refractivity contribution in [2.45, 2.75) is 19.8 Å².